The van der Waals surface area contributed by atoms with Crippen LogP contribution in [0.5, 0.6) is 5.75 Å². The Hall–Kier alpha value is -3.00. The molecule has 0 radical (unpaired) electrons. The van der Waals surface area contributed by atoms with Gasteiger partial charge < -0.3 is 14.2 Å². The zero-order chi connectivity index (χ0) is 20.7. The molecule has 1 atom stereocenters. The maximum atomic E-state index is 13.7. The smallest absolute Gasteiger partial charge is 0.290 e. The molecule has 0 spiro atoms. The Morgan fingerprint density at radius 1 is 1.34 bits per heavy atom. The zero-order valence-electron chi connectivity index (χ0n) is 16.2. The molecule has 9 heteroatoms. The highest BCUT2D eigenvalue weighted by atomic mass is 35.5. The fourth-order valence-corrected chi connectivity index (χ4v) is 3.59. The van der Waals surface area contributed by atoms with Crippen LogP contribution in [0, 0.1) is 12.7 Å². The van der Waals surface area contributed by atoms with Gasteiger partial charge in [0, 0.05) is 31.5 Å². The van der Waals surface area contributed by atoms with E-state index in [1.165, 1.54) is 13.2 Å². The second-order valence-corrected chi connectivity index (χ2v) is 7.36. The number of fused-ring (bicyclic) bond motifs is 1. The molecule has 0 N–H and O–H groups in total. The molecule has 2 aromatic heterocycles. The van der Waals surface area contributed by atoms with Gasteiger partial charge >= 0.3 is 0 Å². The van der Waals surface area contributed by atoms with Gasteiger partial charge in [0.15, 0.2) is 17.4 Å². The monoisotopic (exact) mass is 415 g/mol. The molecule has 1 aliphatic rings. The minimum atomic E-state index is -0.437. The van der Waals surface area contributed by atoms with Crippen molar-refractivity contribution < 1.29 is 13.9 Å². The Kier molecular flexibility index (Phi) is 4.96. The quantitative estimate of drug-likeness (QED) is 0.610. The third-order valence-electron chi connectivity index (χ3n) is 4.98. The first-order valence-electron chi connectivity index (χ1n) is 9.07. The van der Waals surface area contributed by atoms with Gasteiger partial charge in [-0.1, -0.05) is 6.07 Å². The van der Waals surface area contributed by atoms with Crippen molar-refractivity contribution >= 4 is 17.5 Å². The van der Waals surface area contributed by atoms with E-state index in [0.717, 1.165) is 11.1 Å². The SMILES string of the molecule is COc1cc(CN2C(=O)c3nc(-c4nc(Cl)ncc4C)cn3CC2C)ccc1F. The molecular formula is C20H19ClFN5O2. The summed E-state index contributed by atoms with van der Waals surface area (Å²) >= 11 is 5.93. The van der Waals surface area contributed by atoms with E-state index >= 15 is 0 Å². The number of ether oxygens (including phenoxy) is 1. The lowest BCUT2D eigenvalue weighted by atomic mass is 10.1. The van der Waals surface area contributed by atoms with Gasteiger partial charge in [-0.05, 0) is 48.7 Å². The molecule has 1 aromatic carbocycles. The van der Waals surface area contributed by atoms with E-state index in [1.54, 1.807) is 23.2 Å². The molecule has 0 bridgehead atoms. The first-order valence-corrected chi connectivity index (χ1v) is 9.45. The van der Waals surface area contributed by atoms with Crippen LogP contribution in [-0.4, -0.2) is 43.5 Å². The molecule has 1 amide bonds. The average molecular weight is 416 g/mol. The number of methoxy groups -OCH3 is 1. The van der Waals surface area contributed by atoms with Gasteiger partial charge in [0.25, 0.3) is 5.91 Å². The molecule has 7 nitrogen and oxygen atoms in total. The van der Waals surface area contributed by atoms with Crippen LogP contribution in [0.25, 0.3) is 11.4 Å². The predicted octanol–water partition coefficient (Wildman–Crippen LogP) is 3.49. The average Bonchev–Trinajstić information content (AvgIpc) is 3.12. The summed E-state index contributed by atoms with van der Waals surface area (Å²) in [5.74, 6) is -0.148. The summed E-state index contributed by atoms with van der Waals surface area (Å²) < 4.78 is 20.6. The molecular weight excluding hydrogens is 397 g/mol. The summed E-state index contributed by atoms with van der Waals surface area (Å²) in [5, 5.41) is 0.128. The van der Waals surface area contributed by atoms with E-state index in [-0.39, 0.29) is 23.0 Å². The maximum Gasteiger partial charge on any atom is 0.290 e. The minimum Gasteiger partial charge on any atom is -0.494 e. The second kappa shape index (κ2) is 7.44. The third-order valence-corrected chi connectivity index (χ3v) is 5.16. The minimum absolute atomic E-state index is 0.0665. The summed E-state index contributed by atoms with van der Waals surface area (Å²) in [6.07, 6.45) is 3.44. The summed E-state index contributed by atoms with van der Waals surface area (Å²) in [6.45, 7) is 4.75. The van der Waals surface area contributed by atoms with Gasteiger partial charge in [-0.25, -0.2) is 19.3 Å². The van der Waals surface area contributed by atoms with Crippen molar-refractivity contribution in [2.24, 2.45) is 0 Å². The van der Waals surface area contributed by atoms with Gasteiger partial charge in [-0.2, -0.15) is 0 Å². The van der Waals surface area contributed by atoms with Gasteiger partial charge in [0.1, 0.15) is 5.69 Å². The fraction of sp³-hybridized carbons (Fsp3) is 0.300. The Bertz CT molecular complexity index is 1100. The number of rotatable bonds is 4. The number of nitrogens with zero attached hydrogens (tertiary/aromatic N) is 5. The summed E-state index contributed by atoms with van der Waals surface area (Å²) in [4.78, 5) is 27.6. The lowest BCUT2D eigenvalue weighted by molar-refractivity contribution is 0.0587. The van der Waals surface area contributed by atoms with Crippen molar-refractivity contribution in [3.8, 4) is 17.1 Å². The lowest BCUT2D eigenvalue weighted by Gasteiger charge is -2.33. The molecule has 1 unspecified atom stereocenters. The van der Waals surface area contributed by atoms with E-state index in [0.29, 0.717) is 30.3 Å². The number of imidazole rings is 1. The van der Waals surface area contributed by atoms with Gasteiger partial charge in [0.05, 0.1) is 12.8 Å². The topological polar surface area (TPSA) is 73.1 Å². The van der Waals surface area contributed by atoms with Crippen LogP contribution in [0.15, 0.2) is 30.6 Å². The number of benzene rings is 1. The highest BCUT2D eigenvalue weighted by molar-refractivity contribution is 6.28. The number of aromatic nitrogens is 4. The summed E-state index contributed by atoms with van der Waals surface area (Å²) in [6, 6.07) is 4.53. The van der Waals surface area contributed by atoms with Crippen molar-refractivity contribution in [1.29, 1.82) is 0 Å². The van der Waals surface area contributed by atoms with Crippen molar-refractivity contribution in [3.05, 3.63) is 58.6 Å². The molecule has 4 rings (SSSR count). The van der Waals surface area contributed by atoms with Crippen LogP contribution in [0.1, 0.15) is 28.7 Å². The van der Waals surface area contributed by atoms with Crippen LogP contribution in [-0.2, 0) is 13.1 Å². The van der Waals surface area contributed by atoms with E-state index in [4.69, 9.17) is 16.3 Å². The number of halogens is 2. The summed E-state index contributed by atoms with van der Waals surface area (Å²) in [7, 11) is 1.41. The Morgan fingerprint density at radius 3 is 2.90 bits per heavy atom. The van der Waals surface area contributed by atoms with Gasteiger partial charge in [-0.15, -0.1) is 0 Å². The van der Waals surface area contributed by atoms with Crippen LogP contribution in [0.2, 0.25) is 5.28 Å². The molecule has 29 heavy (non-hydrogen) atoms. The Labute approximate surface area is 172 Å². The Morgan fingerprint density at radius 2 is 2.14 bits per heavy atom. The van der Waals surface area contributed by atoms with Crippen molar-refractivity contribution in [1.82, 2.24) is 24.4 Å². The van der Waals surface area contributed by atoms with Gasteiger partial charge in [-0.3, -0.25) is 4.79 Å². The zero-order valence-corrected chi connectivity index (χ0v) is 16.9. The highest BCUT2D eigenvalue weighted by Gasteiger charge is 2.32. The van der Waals surface area contributed by atoms with Crippen molar-refractivity contribution in [3.63, 3.8) is 0 Å². The molecule has 1 aliphatic heterocycles. The van der Waals surface area contributed by atoms with Crippen LogP contribution >= 0.6 is 11.6 Å². The molecule has 3 heterocycles. The normalized spacial score (nSPS) is 16.1. The fourth-order valence-electron chi connectivity index (χ4n) is 3.46. The standard InChI is InChI=1S/C20H19ClFN5O2/c1-11-7-23-20(21)25-17(11)15-10-26-8-12(2)27(19(28)18(26)24-15)9-13-4-5-14(22)16(6-13)29-3/h4-7,10,12H,8-9H2,1-3H3. The number of amides is 1. The molecule has 0 aliphatic carbocycles. The van der Waals surface area contributed by atoms with Crippen molar-refractivity contribution in [2.45, 2.75) is 33.0 Å². The number of aryl methyl sites for hydroxylation is 1. The number of hydrogen-bond donors (Lipinski definition) is 0. The second-order valence-electron chi connectivity index (χ2n) is 7.02. The van der Waals surface area contributed by atoms with E-state index < -0.39 is 5.82 Å². The van der Waals surface area contributed by atoms with E-state index in [1.807, 2.05) is 24.6 Å². The van der Waals surface area contributed by atoms with Crippen molar-refractivity contribution in [2.75, 3.05) is 7.11 Å². The summed E-state index contributed by atoms with van der Waals surface area (Å²) in [5.41, 5.74) is 2.78. The lowest BCUT2D eigenvalue weighted by Crippen LogP contribution is -2.46. The number of hydrogen-bond acceptors (Lipinski definition) is 5. The molecule has 150 valence electrons. The predicted molar refractivity (Wildman–Crippen MR) is 105 cm³/mol. The highest BCUT2D eigenvalue weighted by Crippen LogP contribution is 2.27. The van der Waals surface area contributed by atoms with E-state index in [2.05, 4.69) is 15.0 Å². The Balaban J connectivity index is 1.65. The molecule has 0 saturated heterocycles. The largest absolute Gasteiger partial charge is 0.494 e. The third kappa shape index (κ3) is 3.55. The van der Waals surface area contributed by atoms with Crippen LogP contribution < -0.4 is 4.74 Å². The first-order chi connectivity index (χ1) is 13.9. The number of carbonyl (C=O) groups is 1. The number of carbonyl (C=O) groups excluding carboxylic acids is 1. The first kappa shape index (κ1) is 19.3. The maximum absolute atomic E-state index is 13.7. The molecule has 0 fully saturated rings. The van der Waals surface area contributed by atoms with E-state index in [9.17, 15) is 9.18 Å². The van der Waals surface area contributed by atoms with Gasteiger partial charge in [0.2, 0.25) is 5.28 Å². The molecule has 3 aromatic rings. The van der Waals surface area contributed by atoms with Crippen LogP contribution in [0.4, 0.5) is 4.39 Å². The molecule has 0 saturated carbocycles. The van der Waals surface area contributed by atoms with Crippen LogP contribution in [0.3, 0.4) is 0 Å².